The molecule has 1 N–H and O–H groups in total. The standard InChI is InChI=1S/C17H36O4S.Na/c1-3-4-5-6-7-11-14-17(22(19,20)21)15-12-9-8-10-13-16(2)18;/h16-18H,3-15H2,1-2H3,(H,19,20,21);/q;+1/p-1. The van der Waals surface area contributed by atoms with Gasteiger partial charge in [-0.3, -0.25) is 0 Å². The SMILES string of the molecule is CCCCCCCCC(CCCCCCC(C)O)S(=O)(=O)[O-].[Na+]. The van der Waals surface area contributed by atoms with Crippen molar-refractivity contribution in [3.63, 3.8) is 0 Å². The quantitative estimate of drug-likeness (QED) is 0.272. The smallest absolute Gasteiger partial charge is 0.748 e. The second-order valence-corrected chi connectivity index (χ2v) is 8.16. The molecular weight excluding hydrogens is 323 g/mol. The van der Waals surface area contributed by atoms with E-state index in [-0.39, 0.29) is 35.7 Å². The van der Waals surface area contributed by atoms with Crippen molar-refractivity contribution in [2.75, 3.05) is 0 Å². The summed E-state index contributed by atoms with van der Waals surface area (Å²) >= 11 is 0. The topological polar surface area (TPSA) is 77.4 Å². The van der Waals surface area contributed by atoms with Crippen molar-refractivity contribution in [2.24, 2.45) is 0 Å². The van der Waals surface area contributed by atoms with E-state index in [0.29, 0.717) is 12.8 Å². The first-order valence-electron chi connectivity index (χ1n) is 9.00. The second-order valence-electron chi connectivity index (χ2n) is 6.51. The van der Waals surface area contributed by atoms with Crippen molar-refractivity contribution >= 4 is 10.1 Å². The summed E-state index contributed by atoms with van der Waals surface area (Å²) in [6.45, 7) is 3.95. The zero-order valence-corrected chi connectivity index (χ0v) is 18.2. The molecule has 134 valence electrons. The summed E-state index contributed by atoms with van der Waals surface area (Å²) in [5, 5.41) is 8.46. The summed E-state index contributed by atoms with van der Waals surface area (Å²) in [6, 6.07) is 0. The monoisotopic (exact) mass is 358 g/mol. The van der Waals surface area contributed by atoms with Gasteiger partial charge >= 0.3 is 29.6 Å². The van der Waals surface area contributed by atoms with Crippen LogP contribution in [0, 0.1) is 0 Å². The molecule has 0 radical (unpaired) electrons. The fourth-order valence-corrected chi connectivity index (χ4v) is 3.66. The fraction of sp³-hybridized carbons (Fsp3) is 1.00. The van der Waals surface area contributed by atoms with Gasteiger partial charge in [-0.15, -0.1) is 0 Å². The van der Waals surface area contributed by atoms with Gasteiger partial charge in [0.05, 0.1) is 16.2 Å². The molecule has 0 amide bonds. The van der Waals surface area contributed by atoms with Crippen molar-refractivity contribution in [2.45, 2.75) is 109 Å². The Labute approximate surface area is 165 Å². The Morgan fingerprint density at radius 2 is 1.22 bits per heavy atom. The molecule has 0 bridgehead atoms. The fourth-order valence-electron chi connectivity index (χ4n) is 2.75. The van der Waals surface area contributed by atoms with Gasteiger partial charge in [0.25, 0.3) is 0 Å². The van der Waals surface area contributed by atoms with Crippen LogP contribution in [0.4, 0.5) is 0 Å². The van der Waals surface area contributed by atoms with Gasteiger partial charge in [0.1, 0.15) is 0 Å². The number of aliphatic hydroxyl groups is 1. The molecule has 23 heavy (non-hydrogen) atoms. The van der Waals surface area contributed by atoms with Crippen LogP contribution in [-0.2, 0) is 10.1 Å². The van der Waals surface area contributed by atoms with Crippen LogP contribution >= 0.6 is 0 Å². The van der Waals surface area contributed by atoms with Crippen LogP contribution in [0.1, 0.15) is 97.3 Å². The van der Waals surface area contributed by atoms with Gasteiger partial charge in [0.15, 0.2) is 0 Å². The van der Waals surface area contributed by atoms with Crippen LogP contribution < -0.4 is 29.6 Å². The molecule has 0 rings (SSSR count). The van der Waals surface area contributed by atoms with E-state index in [4.69, 9.17) is 5.11 Å². The molecule has 0 saturated heterocycles. The summed E-state index contributed by atoms with van der Waals surface area (Å²) < 4.78 is 34.0. The maximum absolute atomic E-state index is 11.3. The Morgan fingerprint density at radius 1 is 0.826 bits per heavy atom. The summed E-state index contributed by atoms with van der Waals surface area (Å²) in [5.74, 6) is 0. The second kappa shape index (κ2) is 16.3. The molecule has 0 aliphatic heterocycles. The van der Waals surface area contributed by atoms with Gasteiger partial charge in [0.2, 0.25) is 0 Å². The summed E-state index contributed by atoms with van der Waals surface area (Å²) in [7, 11) is -4.16. The number of rotatable bonds is 15. The first kappa shape index (κ1) is 26.1. The van der Waals surface area contributed by atoms with Crippen LogP contribution in [0.3, 0.4) is 0 Å². The minimum absolute atomic E-state index is 0. The molecule has 0 spiro atoms. The Kier molecular flexibility index (Phi) is 18.5. The first-order valence-corrected chi connectivity index (χ1v) is 10.5. The molecule has 0 fully saturated rings. The third-order valence-corrected chi connectivity index (χ3v) is 5.47. The van der Waals surface area contributed by atoms with Gasteiger partial charge in [-0.1, -0.05) is 71.1 Å². The number of aliphatic hydroxyl groups excluding tert-OH is 1. The summed E-state index contributed by atoms with van der Waals surface area (Å²) in [5.41, 5.74) is 0. The molecule has 0 heterocycles. The largest absolute Gasteiger partial charge is 1.00 e. The zero-order chi connectivity index (χ0) is 16.8. The third-order valence-electron chi connectivity index (χ3n) is 4.19. The molecule has 0 aromatic heterocycles. The van der Waals surface area contributed by atoms with Gasteiger partial charge in [-0.2, -0.15) is 0 Å². The van der Waals surface area contributed by atoms with Crippen LogP contribution in [0.2, 0.25) is 0 Å². The van der Waals surface area contributed by atoms with Crippen molar-refractivity contribution in [3.8, 4) is 0 Å². The predicted octanol–water partition coefficient (Wildman–Crippen LogP) is 1.38. The zero-order valence-electron chi connectivity index (χ0n) is 15.4. The van der Waals surface area contributed by atoms with Crippen molar-refractivity contribution < 1.29 is 47.6 Å². The van der Waals surface area contributed by atoms with E-state index in [1.54, 1.807) is 6.92 Å². The maximum atomic E-state index is 11.3. The average molecular weight is 359 g/mol. The Morgan fingerprint density at radius 3 is 1.61 bits per heavy atom. The Bertz CT molecular complexity index is 345. The van der Waals surface area contributed by atoms with Gasteiger partial charge in [-0.25, -0.2) is 8.42 Å². The number of unbranched alkanes of at least 4 members (excludes halogenated alkanes) is 8. The van der Waals surface area contributed by atoms with E-state index in [1.807, 2.05) is 0 Å². The predicted molar refractivity (Wildman–Crippen MR) is 90.9 cm³/mol. The van der Waals surface area contributed by atoms with Crippen LogP contribution in [0.5, 0.6) is 0 Å². The number of hydrogen-bond donors (Lipinski definition) is 1. The molecule has 4 nitrogen and oxygen atoms in total. The van der Waals surface area contributed by atoms with Crippen molar-refractivity contribution in [3.05, 3.63) is 0 Å². The van der Waals surface area contributed by atoms with Crippen LogP contribution in [0.15, 0.2) is 0 Å². The molecule has 0 aromatic carbocycles. The molecule has 0 aliphatic carbocycles. The normalized spacial score (nSPS) is 14.3. The van der Waals surface area contributed by atoms with Gasteiger partial charge in [-0.05, 0) is 26.2 Å². The van der Waals surface area contributed by atoms with Gasteiger partial charge in [0, 0.05) is 5.25 Å². The molecule has 0 saturated carbocycles. The van der Waals surface area contributed by atoms with E-state index in [0.717, 1.165) is 51.4 Å². The van der Waals surface area contributed by atoms with E-state index >= 15 is 0 Å². The molecule has 2 unspecified atom stereocenters. The van der Waals surface area contributed by atoms with Crippen LogP contribution in [0.25, 0.3) is 0 Å². The maximum Gasteiger partial charge on any atom is 1.00 e. The van der Waals surface area contributed by atoms with Crippen LogP contribution in [-0.4, -0.2) is 29.4 Å². The molecular formula is C17H35NaO4S. The molecule has 0 aromatic rings. The summed E-state index contributed by atoms with van der Waals surface area (Å²) in [4.78, 5) is 0. The van der Waals surface area contributed by atoms with E-state index in [9.17, 15) is 13.0 Å². The molecule has 0 aliphatic rings. The Hall–Kier alpha value is 0.870. The number of hydrogen-bond acceptors (Lipinski definition) is 4. The van der Waals surface area contributed by atoms with E-state index in [2.05, 4.69) is 6.92 Å². The van der Waals surface area contributed by atoms with Gasteiger partial charge < -0.3 is 9.66 Å². The first-order chi connectivity index (χ1) is 10.4. The van der Waals surface area contributed by atoms with E-state index in [1.165, 1.54) is 19.3 Å². The molecule has 2 atom stereocenters. The molecule has 6 heteroatoms. The summed E-state index contributed by atoms with van der Waals surface area (Å²) in [6.07, 6.45) is 11.9. The van der Waals surface area contributed by atoms with Crippen molar-refractivity contribution in [1.82, 2.24) is 0 Å². The third kappa shape index (κ3) is 17.5. The minimum atomic E-state index is -4.16. The van der Waals surface area contributed by atoms with E-state index < -0.39 is 15.4 Å². The Balaban J connectivity index is 0. The van der Waals surface area contributed by atoms with Crippen molar-refractivity contribution in [1.29, 1.82) is 0 Å². The minimum Gasteiger partial charge on any atom is -0.748 e. The average Bonchev–Trinajstić information content (AvgIpc) is 2.42.